The van der Waals surface area contributed by atoms with E-state index < -0.39 is 0 Å². The lowest BCUT2D eigenvalue weighted by Crippen LogP contribution is -2.52. The van der Waals surface area contributed by atoms with Gasteiger partial charge in [0.15, 0.2) is 0 Å². The fraction of sp³-hybridized carbons (Fsp3) is 0.208. The predicted octanol–water partition coefficient (Wildman–Crippen LogP) is 5.24. The van der Waals surface area contributed by atoms with Crippen LogP contribution in [0.5, 0.6) is 5.75 Å². The molecule has 152 valence electrons. The molecule has 0 aromatic heterocycles. The van der Waals surface area contributed by atoms with Crippen LogP contribution in [0, 0.1) is 0 Å². The number of hydrogen-bond donors (Lipinski definition) is 0. The molecule has 3 aromatic carbocycles. The van der Waals surface area contributed by atoms with Crippen molar-refractivity contribution >= 4 is 34.9 Å². The van der Waals surface area contributed by atoms with Crippen molar-refractivity contribution in [3.8, 4) is 5.75 Å². The molecule has 0 aliphatic carbocycles. The number of para-hydroxylation sites is 4. The number of methoxy groups -OCH3 is 1. The van der Waals surface area contributed by atoms with Crippen LogP contribution in [0.15, 0.2) is 82.6 Å². The number of rotatable bonds is 2. The molecule has 0 bridgehead atoms. The lowest BCUT2D eigenvalue weighted by molar-refractivity contribution is 0.203. The number of urea groups is 1. The summed E-state index contributed by atoms with van der Waals surface area (Å²) >= 11 is 1.72. The van der Waals surface area contributed by atoms with Gasteiger partial charge >= 0.3 is 6.03 Å². The summed E-state index contributed by atoms with van der Waals surface area (Å²) in [5.74, 6) is 0.869. The van der Waals surface area contributed by atoms with Gasteiger partial charge in [-0.05, 0) is 36.4 Å². The summed E-state index contributed by atoms with van der Waals surface area (Å²) in [5.41, 5.74) is 2.99. The van der Waals surface area contributed by atoms with Crippen LogP contribution < -0.4 is 14.5 Å². The third kappa shape index (κ3) is 3.27. The van der Waals surface area contributed by atoms with Crippen LogP contribution >= 0.6 is 11.8 Å². The number of carbonyl (C=O) groups excluding carboxylic acids is 1. The van der Waals surface area contributed by atoms with Gasteiger partial charge in [0, 0.05) is 36.0 Å². The Hall–Kier alpha value is -3.12. The molecule has 2 amide bonds. The molecule has 5 nitrogen and oxygen atoms in total. The number of benzene rings is 3. The number of anilines is 3. The molecule has 5 rings (SSSR count). The average Bonchev–Trinajstić information content (AvgIpc) is 2.82. The maximum Gasteiger partial charge on any atom is 0.329 e. The van der Waals surface area contributed by atoms with Gasteiger partial charge in [-0.25, -0.2) is 4.79 Å². The first-order valence-corrected chi connectivity index (χ1v) is 10.9. The Labute approximate surface area is 180 Å². The molecule has 0 N–H and O–H groups in total. The molecule has 6 heteroatoms. The Morgan fingerprint density at radius 3 is 1.90 bits per heavy atom. The lowest BCUT2D eigenvalue weighted by atomic mass is 10.2. The van der Waals surface area contributed by atoms with E-state index in [0.717, 1.165) is 45.7 Å². The van der Waals surface area contributed by atoms with Gasteiger partial charge in [0.25, 0.3) is 0 Å². The van der Waals surface area contributed by atoms with Gasteiger partial charge in [0.1, 0.15) is 5.75 Å². The molecular formula is C24H23N3O2S. The quantitative estimate of drug-likeness (QED) is 0.571. The Morgan fingerprint density at radius 2 is 1.30 bits per heavy atom. The second-order valence-corrected chi connectivity index (χ2v) is 8.39. The Balaban J connectivity index is 1.39. The molecule has 1 saturated heterocycles. The zero-order valence-corrected chi connectivity index (χ0v) is 17.6. The van der Waals surface area contributed by atoms with E-state index in [-0.39, 0.29) is 6.03 Å². The van der Waals surface area contributed by atoms with E-state index in [0.29, 0.717) is 13.1 Å². The topological polar surface area (TPSA) is 36.0 Å². The molecule has 0 unspecified atom stereocenters. The molecular weight excluding hydrogens is 394 g/mol. The van der Waals surface area contributed by atoms with Crippen LogP contribution in [-0.2, 0) is 0 Å². The van der Waals surface area contributed by atoms with Crippen LogP contribution in [0.4, 0.5) is 21.9 Å². The van der Waals surface area contributed by atoms with Crippen molar-refractivity contribution in [2.75, 3.05) is 43.1 Å². The standard InChI is InChI=1S/C24H23N3O2S/c1-29-21-11-5-2-8-18(21)25-14-16-26(17-15-25)24(28)27-19-9-3-6-12-22(19)30-23-13-7-4-10-20(23)27/h2-13H,14-17H2,1H3. The maximum absolute atomic E-state index is 13.6. The van der Waals surface area contributed by atoms with Crippen molar-refractivity contribution < 1.29 is 9.53 Å². The van der Waals surface area contributed by atoms with Crippen molar-refractivity contribution in [1.29, 1.82) is 0 Å². The van der Waals surface area contributed by atoms with Crippen LogP contribution in [0.25, 0.3) is 0 Å². The number of nitrogens with zero attached hydrogens (tertiary/aromatic N) is 3. The monoisotopic (exact) mass is 417 g/mol. The Morgan fingerprint density at radius 1 is 0.767 bits per heavy atom. The molecule has 2 aliphatic rings. The zero-order valence-electron chi connectivity index (χ0n) is 16.8. The molecule has 0 saturated carbocycles. The second kappa shape index (κ2) is 7.95. The largest absolute Gasteiger partial charge is 0.495 e. The maximum atomic E-state index is 13.6. The fourth-order valence-corrected chi connectivity index (χ4v) is 5.14. The summed E-state index contributed by atoms with van der Waals surface area (Å²) in [5, 5.41) is 0. The van der Waals surface area contributed by atoms with Crippen LogP contribution in [-0.4, -0.2) is 44.2 Å². The van der Waals surface area contributed by atoms with Crippen molar-refractivity contribution in [3.63, 3.8) is 0 Å². The van der Waals surface area contributed by atoms with E-state index in [1.807, 2.05) is 64.4 Å². The van der Waals surface area contributed by atoms with Crippen molar-refractivity contribution in [3.05, 3.63) is 72.8 Å². The van der Waals surface area contributed by atoms with Crippen LogP contribution in [0.1, 0.15) is 0 Å². The highest BCUT2D eigenvalue weighted by Gasteiger charge is 2.32. The summed E-state index contributed by atoms with van der Waals surface area (Å²) in [7, 11) is 1.70. The average molecular weight is 418 g/mol. The van der Waals surface area contributed by atoms with Crippen LogP contribution in [0.2, 0.25) is 0 Å². The highest BCUT2D eigenvalue weighted by atomic mass is 32.2. The second-order valence-electron chi connectivity index (χ2n) is 7.30. The summed E-state index contributed by atoms with van der Waals surface area (Å²) in [6, 6.07) is 24.3. The minimum absolute atomic E-state index is 0.0369. The van der Waals surface area contributed by atoms with Gasteiger partial charge in [-0.2, -0.15) is 0 Å². The zero-order chi connectivity index (χ0) is 20.5. The van der Waals surface area contributed by atoms with Gasteiger partial charge in [0.05, 0.1) is 24.2 Å². The molecule has 0 radical (unpaired) electrons. The Bertz CT molecular complexity index is 1030. The van der Waals surface area contributed by atoms with Crippen molar-refractivity contribution in [1.82, 2.24) is 4.90 Å². The molecule has 2 aliphatic heterocycles. The molecule has 3 aromatic rings. The predicted molar refractivity (Wildman–Crippen MR) is 121 cm³/mol. The summed E-state index contributed by atoms with van der Waals surface area (Å²) < 4.78 is 5.51. The molecule has 30 heavy (non-hydrogen) atoms. The van der Waals surface area contributed by atoms with Gasteiger partial charge < -0.3 is 14.5 Å². The Kier molecular flexibility index (Phi) is 5.01. The van der Waals surface area contributed by atoms with Gasteiger partial charge in [-0.15, -0.1) is 0 Å². The minimum Gasteiger partial charge on any atom is -0.495 e. The number of carbonyl (C=O) groups is 1. The summed E-state index contributed by atoms with van der Waals surface area (Å²) in [4.78, 5) is 22.0. The van der Waals surface area contributed by atoms with E-state index in [9.17, 15) is 4.79 Å². The number of hydrogen-bond acceptors (Lipinski definition) is 4. The van der Waals surface area contributed by atoms with E-state index >= 15 is 0 Å². The molecule has 1 fully saturated rings. The highest BCUT2D eigenvalue weighted by Crippen LogP contribution is 2.48. The third-order valence-electron chi connectivity index (χ3n) is 5.60. The van der Waals surface area contributed by atoms with Crippen molar-refractivity contribution in [2.45, 2.75) is 9.79 Å². The smallest absolute Gasteiger partial charge is 0.329 e. The van der Waals surface area contributed by atoms with Gasteiger partial charge in [-0.3, -0.25) is 4.90 Å². The normalized spacial score (nSPS) is 15.4. The van der Waals surface area contributed by atoms with Gasteiger partial charge in [-0.1, -0.05) is 48.2 Å². The first kappa shape index (κ1) is 18.9. The SMILES string of the molecule is COc1ccccc1N1CCN(C(=O)N2c3ccccc3Sc3ccccc32)CC1. The van der Waals surface area contributed by atoms with E-state index in [2.05, 4.69) is 23.1 Å². The first-order valence-electron chi connectivity index (χ1n) is 10.1. The molecule has 2 heterocycles. The molecule has 0 spiro atoms. The third-order valence-corrected chi connectivity index (χ3v) is 6.73. The lowest BCUT2D eigenvalue weighted by Gasteiger charge is -2.40. The summed E-state index contributed by atoms with van der Waals surface area (Å²) in [6.07, 6.45) is 0. The summed E-state index contributed by atoms with van der Waals surface area (Å²) in [6.45, 7) is 2.89. The minimum atomic E-state index is 0.0369. The van der Waals surface area contributed by atoms with E-state index in [1.165, 1.54) is 0 Å². The number of fused-ring (bicyclic) bond motifs is 2. The van der Waals surface area contributed by atoms with Crippen molar-refractivity contribution in [2.24, 2.45) is 0 Å². The number of ether oxygens (including phenoxy) is 1. The number of amides is 2. The number of piperazine rings is 1. The fourth-order valence-electron chi connectivity index (χ4n) is 4.08. The van der Waals surface area contributed by atoms with Gasteiger partial charge in [0.2, 0.25) is 0 Å². The van der Waals surface area contributed by atoms with E-state index in [4.69, 9.17) is 4.74 Å². The van der Waals surface area contributed by atoms with Crippen LogP contribution in [0.3, 0.4) is 0 Å². The molecule has 0 atom stereocenters. The first-order chi connectivity index (χ1) is 14.8. The highest BCUT2D eigenvalue weighted by molar-refractivity contribution is 7.99. The van der Waals surface area contributed by atoms with E-state index in [1.54, 1.807) is 18.9 Å².